The summed E-state index contributed by atoms with van der Waals surface area (Å²) in [5.74, 6) is 16.6. The van der Waals surface area contributed by atoms with Crippen molar-refractivity contribution >= 4 is 0 Å². The number of hydrogen-bond donors (Lipinski definition) is 0. The van der Waals surface area contributed by atoms with E-state index in [9.17, 15) is 0 Å². The minimum Gasteiger partial charge on any atom is -0.0622 e. The minimum absolute atomic E-state index is 0.832. The second-order valence-electron chi connectivity index (χ2n) is 21.6. The van der Waals surface area contributed by atoms with Gasteiger partial charge >= 0.3 is 0 Å². The standard InChI is InChI=1S/C39H48/c1-17-7-18(2)29-30-27-10-25-24-8-21-5-3-19-11-31(21)14-34(24)36-16-33(31)13-23(19)20-4-6-22-9-26-28(17)38(29,39(30,36)37(25,27)34)35(26,36)15-32(22,33)12-20/h17-30H,3-16H2,1-2H3. The maximum atomic E-state index is 2.82. The van der Waals surface area contributed by atoms with E-state index < -0.39 is 0 Å². The summed E-state index contributed by atoms with van der Waals surface area (Å²) in [4.78, 5) is 0. The number of fused-ring (bicyclic) bond motifs is 9. The number of rotatable bonds is 0. The van der Waals surface area contributed by atoms with E-state index in [-0.39, 0.29) is 0 Å². The molecule has 0 aliphatic heterocycles. The normalized spacial score (nSPS) is 91.8. The van der Waals surface area contributed by atoms with Crippen LogP contribution in [0.25, 0.3) is 0 Å². The van der Waals surface area contributed by atoms with Crippen LogP contribution in [0.4, 0.5) is 0 Å². The van der Waals surface area contributed by atoms with Crippen LogP contribution in [0.2, 0.25) is 0 Å². The highest BCUT2D eigenvalue weighted by Crippen LogP contribution is 3.29. The van der Waals surface area contributed by atoms with Gasteiger partial charge in [0.05, 0.1) is 0 Å². The first-order chi connectivity index (χ1) is 19.0. The third-order valence-corrected chi connectivity index (χ3v) is 24.3. The van der Waals surface area contributed by atoms with Crippen LogP contribution in [0.5, 0.6) is 0 Å². The lowest BCUT2D eigenvalue weighted by Gasteiger charge is -3.27. The molecule has 9 bridgehead atoms. The van der Waals surface area contributed by atoms with E-state index in [1.54, 1.807) is 70.6 Å². The quantitative estimate of drug-likeness (QED) is 0.304. The predicted octanol–water partition coefficient (Wildman–Crippen LogP) is 8.21. The Bertz CT molecular complexity index is 1490. The second kappa shape index (κ2) is 4.30. The Balaban J connectivity index is 1.08. The third-order valence-electron chi connectivity index (χ3n) is 24.3. The fourth-order valence-electron chi connectivity index (χ4n) is 26.7. The zero-order valence-electron chi connectivity index (χ0n) is 24.5. The lowest BCUT2D eigenvalue weighted by Crippen LogP contribution is -3.25. The summed E-state index contributed by atoms with van der Waals surface area (Å²) >= 11 is 0. The van der Waals surface area contributed by atoms with Gasteiger partial charge in [0.15, 0.2) is 0 Å². The second-order valence-corrected chi connectivity index (χ2v) is 21.6. The molecular weight excluding hydrogens is 468 g/mol. The fourth-order valence-corrected chi connectivity index (χ4v) is 26.7. The molecule has 0 aromatic heterocycles. The number of hydrogen-bond acceptors (Lipinski definition) is 0. The fraction of sp³-hybridized carbons (Fsp3) is 1.00. The molecule has 0 amide bonds. The molecule has 0 N–H and O–H groups in total. The molecule has 0 radical (unpaired) electrons. The SMILES string of the molecule is CC1CC(C)C2C3C4CC5C6CC7CCC8CC79CC67C54C34C23C1C1CC2CCC5CC26CC13C74CC96CC85. The van der Waals surface area contributed by atoms with E-state index in [0.29, 0.717) is 0 Å². The van der Waals surface area contributed by atoms with Crippen LogP contribution in [0.15, 0.2) is 0 Å². The molecule has 204 valence electrons. The molecule has 0 aromatic carbocycles. The molecule has 23 unspecified atom stereocenters. The highest BCUT2D eigenvalue weighted by Gasteiger charge is 3.26. The van der Waals surface area contributed by atoms with Gasteiger partial charge in [-0.05, 0) is 221 Å². The van der Waals surface area contributed by atoms with Crippen LogP contribution in [-0.2, 0) is 0 Å². The first kappa shape index (κ1) is 19.3. The van der Waals surface area contributed by atoms with E-state index in [0.717, 1.165) is 66.5 Å². The van der Waals surface area contributed by atoms with Gasteiger partial charge in [-0.3, -0.25) is 0 Å². The molecule has 23 atom stereocenters. The van der Waals surface area contributed by atoms with Crippen molar-refractivity contribution in [3.63, 3.8) is 0 Å². The summed E-state index contributed by atoms with van der Waals surface area (Å²) in [6, 6.07) is 0. The van der Waals surface area contributed by atoms with E-state index in [4.69, 9.17) is 0 Å². The zero-order chi connectivity index (χ0) is 24.5. The Morgan fingerprint density at radius 1 is 0.538 bits per heavy atom. The van der Waals surface area contributed by atoms with Crippen molar-refractivity contribution in [1.82, 2.24) is 0 Å². The van der Waals surface area contributed by atoms with Crippen molar-refractivity contribution in [3.8, 4) is 0 Å². The van der Waals surface area contributed by atoms with Gasteiger partial charge in [-0.1, -0.05) is 13.8 Å². The average Bonchev–Trinajstić information content (AvgIpc) is 2.89. The van der Waals surface area contributed by atoms with Gasteiger partial charge in [-0.15, -0.1) is 0 Å². The van der Waals surface area contributed by atoms with Crippen molar-refractivity contribution in [1.29, 1.82) is 0 Å². The summed E-state index contributed by atoms with van der Waals surface area (Å²) in [5, 5.41) is 0. The molecule has 16 saturated carbocycles. The lowest BCUT2D eigenvalue weighted by atomic mass is 8.75. The molecule has 16 rings (SSSR count). The first-order valence-corrected chi connectivity index (χ1v) is 19.0. The van der Waals surface area contributed by atoms with Gasteiger partial charge in [0.2, 0.25) is 0 Å². The van der Waals surface area contributed by atoms with Gasteiger partial charge in [-0.2, -0.15) is 0 Å². The predicted molar refractivity (Wildman–Crippen MR) is 147 cm³/mol. The van der Waals surface area contributed by atoms with Gasteiger partial charge < -0.3 is 0 Å². The molecule has 0 heterocycles. The molecule has 39 heavy (non-hydrogen) atoms. The van der Waals surface area contributed by atoms with Crippen molar-refractivity contribution in [2.24, 2.45) is 132 Å². The van der Waals surface area contributed by atoms with Gasteiger partial charge in [0.25, 0.3) is 0 Å². The topological polar surface area (TPSA) is 0 Å². The lowest BCUT2D eigenvalue weighted by molar-refractivity contribution is -0.818. The highest BCUT2D eigenvalue weighted by molar-refractivity contribution is 5.72. The Morgan fingerprint density at radius 3 is 2.00 bits per heavy atom. The molecule has 0 heteroatoms. The van der Waals surface area contributed by atoms with Crippen LogP contribution in [0.3, 0.4) is 0 Å². The molecule has 16 aliphatic rings. The van der Waals surface area contributed by atoms with Crippen LogP contribution >= 0.6 is 0 Å². The Morgan fingerprint density at radius 2 is 1.23 bits per heavy atom. The van der Waals surface area contributed by atoms with Crippen molar-refractivity contribution < 1.29 is 0 Å². The smallest absolute Gasteiger partial charge is 0.00600 e. The van der Waals surface area contributed by atoms with Crippen molar-refractivity contribution in [3.05, 3.63) is 0 Å². The van der Waals surface area contributed by atoms with Crippen molar-refractivity contribution in [2.75, 3.05) is 0 Å². The molecule has 16 fully saturated rings. The Hall–Kier alpha value is 0. The van der Waals surface area contributed by atoms with E-state index >= 15 is 0 Å². The third kappa shape index (κ3) is 0.964. The zero-order valence-corrected chi connectivity index (χ0v) is 24.5. The summed E-state index contributed by atoms with van der Waals surface area (Å²) < 4.78 is 0. The van der Waals surface area contributed by atoms with Crippen molar-refractivity contribution in [2.45, 2.75) is 104 Å². The van der Waals surface area contributed by atoms with Gasteiger partial charge in [-0.25, -0.2) is 0 Å². The molecule has 0 nitrogen and oxygen atoms in total. The summed E-state index contributed by atoms with van der Waals surface area (Å²) in [6.07, 6.45) is 24.6. The molecular formula is C39H48. The maximum absolute atomic E-state index is 2.82. The van der Waals surface area contributed by atoms with E-state index in [1.165, 1.54) is 65.1 Å². The van der Waals surface area contributed by atoms with Gasteiger partial charge in [0, 0.05) is 0 Å². The minimum atomic E-state index is 0.832. The monoisotopic (exact) mass is 516 g/mol. The first-order valence-electron chi connectivity index (χ1n) is 19.0. The average molecular weight is 517 g/mol. The molecule has 9 spiro atoms. The van der Waals surface area contributed by atoms with E-state index in [2.05, 4.69) is 13.8 Å². The Kier molecular flexibility index (Phi) is 2.13. The molecule has 0 aromatic rings. The maximum Gasteiger partial charge on any atom is -0.00600 e. The largest absolute Gasteiger partial charge is 0.0622 e. The van der Waals surface area contributed by atoms with Crippen LogP contribution < -0.4 is 0 Å². The van der Waals surface area contributed by atoms with Gasteiger partial charge in [0.1, 0.15) is 0 Å². The summed E-state index contributed by atoms with van der Waals surface area (Å²) in [6.45, 7) is 5.63. The van der Waals surface area contributed by atoms with E-state index in [1.807, 2.05) is 19.3 Å². The molecule has 16 aliphatic carbocycles. The van der Waals surface area contributed by atoms with Crippen LogP contribution in [0.1, 0.15) is 104 Å². The summed E-state index contributed by atoms with van der Waals surface area (Å²) in [7, 11) is 0. The Labute approximate surface area is 235 Å². The summed E-state index contributed by atoms with van der Waals surface area (Å²) in [5.41, 5.74) is 8.07. The van der Waals surface area contributed by atoms with Crippen LogP contribution in [-0.4, -0.2) is 0 Å². The molecule has 0 saturated heterocycles. The highest BCUT2D eigenvalue weighted by atomic mass is 15.3. The van der Waals surface area contributed by atoms with Crippen LogP contribution in [0, 0.1) is 132 Å².